The van der Waals surface area contributed by atoms with Crippen LogP contribution in [-0.2, 0) is 33.9 Å². The van der Waals surface area contributed by atoms with E-state index in [1.165, 1.54) is 58.7 Å². The van der Waals surface area contributed by atoms with Crippen LogP contribution in [-0.4, -0.2) is 0 Å². The van der Waals surface area contributed by atoms with Crippen molar-refractivity contribution in [3.8, 4) is 22.5 Å². The molecule has 0 saturated carbocycles. The third-order valence-electron chi connectivity index (χ3n) is 7.44. The number of pyridine rings is 2. The molecule has 2 heterocycles. The molecule has 0 aliphatic heterocycles. The first-order valence-corrected chi connectivity index (χ1v) is 12.9. The van der Waals surface area contributed by atoms with Gasteiger partial charge in [-0.05, 0) is 30.2 Å². The molecule has 3 heteroatoms. The summed E-state index contributed by atoms with van der Waals surface area (Å²) in [5.74, 6) is 0. The van der Waals surface area contributed by atoms with Gasteiger partial charge in [0, 0.05) is 14.1 Å². The van der Waals surface area contributed by atoms with Crippen LogP contribution < -0.4 is 9.13 Å². The number of benzene rings is 3. The van der Waals surface area contributed by atoms with Crippen LogP contribution in [0.2, 0.25) is 0 Å². The van der Waals surface area contributed by atoms with Crippen LogP contribution in [0.1, 0.15) is 40.8 Å². The van der Waals surface area contributed by atoms with Gasteiger partial charge in [-0.3, -0.25) is 0 Å². The van der Waals surface area contributed by atoms with Gasteiger partial charge < -0.3 is 9.13 Å². The van der Waals surface area contributed by atoms with Crippen molar-refractivity contribution in [3.05, 3.63) is 147 Å². The molecule has 0 unspecified atom stereocenters. The number of fused-ring (bicyclic) bond motifs is 2. The molecule has 0 fully saturated rings. The Morgan fingerprint density at radius 3 is 2.26 bits per heavy atom. The summed E-state index contributed by atoms with van der Waals surface area (Å²) >= 11 is 0. The molecule has 5 aromatic rings. The van der Waals surface area contributed by atoms with Gasteiger partial charge in [0.2, 0.25) is 0 Å². The van der Waals surface area contributed by atoms with Gasteiger partial charge in [-0.25, -0.2) is 0 Å². The van der Waals surface area contributed by atoms with E-state index < -0.39 is 0 Å². The van der Waals surface area contributed by atoms with Crippen LogP contribution in [0, 0.1) is 34.9 Å². The zero-order valence-electron chi connectivity index (χ0n) is 22.0. The maximum absolute atomic E-state index is 4.34. The molecular weight excluding hydrogens is 643 g/mol. The fourth-order valence-electron chi connectivity index (χ4n) is 5.34. The summed E-state index contributed by atoms with van der Waals surface area (Å²) in [4.78, 5) is 0. The molecule has 0 N–H and O–H groups in total. The summed E-state index contributed by atoms with van der Waals surface area (Å²) in [5.41, 5.74) is 10.9. The molecule has 1 aliphatic rings. The Balaban J connectivity index is 0.000000173. The molecule has 0 atom stereocenters. The first-order chi connectivity index (χ1) is 18.0. The Labute approximate surface area is 242 Å². The molecule has 1 aliphatic carbocycles. The SMILES string of the molecule is [CH2-]c1c(-c2cccc(C)[n+]2[CH2-])ccc2c1CCCC2.[CH2-]c1ccccc1-c1c2ccccc2cc[n+]1[CH2-].[Pt+4]. The van der Waals surface area contributed by atoms with E-state index in [0.717, 1.165) is 28.2 Å². The van der Waals surface area contributed by atoms with Gasteiger partial charge in [0.25, 0.3) is 0 Å². The number of nitrogens with zero attached hydrogens (tertiary/aromatic N) is 2. The fourth-order valence-corrected chi connectivity index (χ4v) is 5.34. The van der Waals surface area contributed by atoms with Gasteiger partial charge in [-0.1, -0.05) is 73.9 Å². The molecule has 0 bridgehead atoms. The van der Waals surface area contributed by atoms with Gasteiger partial charge >= 0.3 is 21.1 Å². The maximum atomic E-state index is 4.34. The third kappa shape index (κ3) is 5.33. The summed E-state index contributed by atoms with van der Waals surface area (Å²) < 4.78 is 3.91. The van der Waals surface area contributed by atoms with E-state index in [4.69, 9.17) is 0 Å². The molecule has 3 aromatic carbocycles. The number of aromatic nitrogens is 2. The molecule has 38 heavy (non-hydrogen) atoms. The summed E-state index contributed by atoms with van der Waals surface area (Å²) in [6.45, 7) is 10.5. The number of hydrogen-bond acceptors (Lipinski definition) is 0. The average molecular weight is 678 g/mol. The Hall–Kier alpha value is -3.61. The van der Waals surface area contributed by atoms with E-state index in [1.807, 2.05) is 33.5 Å². The van der Waals surface area contributed by atoms with Crippen molar-refractivity contribution >= 4 is 10.8 Å². The number of rotatable bonds is 2. The molecule has 0 amide bonds. The van der Waals surface area contributed by atoms with Crippen molar-refractivity contribution in [2.24, 2.45) is 0 Å². The van der Waals surface area contributed by atoms with Crippen LogP contribution >= 0.6 is 0 Å². The Morgan fingerprint density at radius 1 is 0.711 bits per heavy atom. The van der Waals surface area contributed by atoms with Crippen molar-refractivity contribution in [1.29, 1.82) is 0 Å². The molecule has 2 aromatic heterocycles. The largest absolute Gasteiger partial charge is 4.00 e. The Morgan fingerprint density at radius 2 is 1.45 bits per heavy atom. The van der Waals surface area contributed by atoms with Gasteiger partial charge in [-0.2, -0.15) is 31.0 Å². The zero-order valence-corrected chi connectivity index (χ0v) is 24.3. The standard InChI is InChI=1S/C18H20N.C17H14N.Pt/c1-13-7-6-10-18(19(13)3)17-12-11-15-8-4-5-9-16(15)14(17)2;1-13-7-3-5-9-15(13)17-16-10-6-4-8-14(16)11-12-18(17)2;/h6-7,10-12H,2-5,8-9H2,1H3;3-12H,1-2H2;/q2*-1;+4. The topological polar surface area (TPSA) is 7.76 Å². The average Bonchev–Trinajstić information content (AvgIpc) is 2.92. The minimum atomic E-state index is 0. The van der Waals surface area contributed by atoms with Crippen molar-refractivity contribution < 1.29 is 30.2 Å². The first-order valence-electron chi connectivity index (χ1n) is 12.9. The molecule has 6 rings (SSSR count). The third-order valence-corrected chi connectivity index (χ3v) is 7.44. The summed E-state index contributed by atoms with van der Waals surface area (Å²) in [5, 5.41) is 2.42. The smallest absolute Gasteiger partial charge is 0.343 e. The predicted molar refractivity (Wildman–Crippen MR) is 153 cm³/mol. The molecule has 0 radical (unpaired) electrons. The normalized spacial score (nSPS) is 12.1. The monoisotopic (exact) mass is 677 g/mol. The van der Waals surface area contributed by atoms with Gasteiger partial charge in [0.15, 0.2) is 0 Å². The Kier molecular flexibility index (Phi) is 8.54. The summed E-state index contributed by atoms with van der Waals surface area (Å²) in [6.07, 6.45) is 6.97. The molecule has 0 saturated heterocycles. The molecule has 0 spiro atoms. The van der Waals surface area contributed by atoms with E-state index in [1.54, 1.807) is 0 Å². The van der Waals surface area contributed by atoms with Crippen LogP contribution in [0.5, 0.6) is 0 Å². The molecule has 192 valence electrons. The van der Waals surface area contributed by atoms with E-state index in [2.05, 4.69) is 102 Å². The second-order valence-corrected chi connectivity index (χ2v) is 9.80. The minimum absolute atomic E-state index is 0. The number of hydrogen-bond donors (Lipinski definition) is 0. The predicted octanol–water partition coefficient (Wildman–Crippen LogP) is 7.26. The minimum Gasteiger partial charge on any atom is -0.343 e. The second-order valence-electron chi connectivity index (χ2n) is 9.80. The van der Waals surface area contributed by atoms with E-state index >= 15 is 0 Å². The van der Waals surface area contributed by atoms with E-state index in [0.29, 0.717) is 0 Å². The summed E-state index contributed by atoms with van der Waals surface area (Å²) in [7, 11) is 8.22. The Bertz CT molecular complexity index is 1590. The van der Waals surface area contributed by atoms with E-state index in [9.17, 15) is 0 Å². The zero-order chi connectivity index (χ0) is 25.9. The number of aryl methyl sites for hydroxylation is 2. The van der Waals surface area contributed by atoms with Gasteiger partial charge in [0.05, 0.1) is 23.3 Å². The quantitative estimate of drug-likeness (QED) is 0.137. The molecular formula is C35H34N2Pt+2. The second kappa shape index (κ2) is 11.8. The van der Waals surface area contributed by atoms with Crippen molar-refractivity contribution in [2.75, 3.05) is 0 Å². The molecule has 2 nitrogen and oxygen atoms in total. The van der Waals surface area contributed by atoms with E-state index in [-0.39, 0.29) is 21.1 Å². The first kappa shape index (κ1) is 27.4. The van der Waals surface area contributed by atoms with Crippen LogP contribution in [0.3, 0.4) is 0 Å². The summed E-state index contributed by atoms with van der Waals surface area (Å²) in [6, 6.07) is 29.4. The van der Waals surface area contributed by atoms with Crippen LogP contribution in [0.4, 0.5) is 0 Å². The van der Waals surface area contributed by atoms with Crippen LogP contribution in [0.15, 0.2) is 91.1 Å². The van der Waals surface area contributed by atoms with Crippen LogP contribution in [0.25, 0.3) is 33.3 Å². The van der Waals surface area contributed by atoms with Crippen molar-refractivity contribution in [2.45, 2.75) is 32.6 Å². The maximum Gasteiger partial charge on any atom is 4.00 e. The van der Waals surface area contributed by atoms with Crippen molar-refractivity contribution in [1.82, 2.24) is 0 Å². The van der Waals surface area contributed by atoms with Gasteiger partial charge in [0.1, 0.15) is 0 Å². The van der Waals surface area contributed by atoms with Crippen molar-refractivity contribution in [3.63, 3.8) is 0 Å². The van der Waals surface area contributed by atoms with Gasteiger partial charge in [-0.15, -0.1) is 40.5 Å². The fraction of sp³-hybridized carbons (Fsp3) is 0.143.